The van der Waals surface area contributed by atoms with Crippen LogP contribution in [0.2, 0.25) is 0 Å². The standard InChI is InChI=1S/C9H12N5O4P/c10-9-12-7-6(8(15)13-9)11-5-14(7)3-1-2-4-19(16,17)18/h1-2,5H,3-4H2,(H2,16,17,18)(H3,10,12,13,15)/b2-1-. The van der Waals surface area contributed by atoms with E-state index in [0.717, 1.165) is 0 Å². The fourth-order valence-electron chi connectivity index (χ4n) is 1.50. The Morgan fingerprint density at radius 1 is 1.47 bits per heavy atom. The van der Waals surface area contributed by atoms with E-state index in [1.165, 1.54) is 12.4 Å². The smallest absolute Gasteiger partial charge is 0.329 e. The van der Waals surface area contributed by atoms with Gasteiger partial charge in [0.05, 0.1) is 12.5 Å². The third-order valence-electron chi connectivity index (χ3n) is 2.31. The number of hydrogen-bond acceptors (Lipinski definition) is 5. The first-order valence-corrected chi connectivity index (χ1v) is 7.07. The number of imidazole rings is 1. The largest absolute Gasteiger partial charge is 0.369 e. The van der Waals surface area contributed by atoms with Crippen molar-refractivity contribution >= 4 is 24.7 Å². The van der Waals surface area contributed by atoms with Crippen LogP contribution in [0, 0.1) is 0 Å². The number of fused-ring (bicyclic) bond motifs is 1. The van der Waals surface area contributed by atoms with E-state index in [1.807, 2.05) is 0 Å². The maximum atomic E-state index is 11.5. The molecule has 0 spiro atoms. The van der Waals surface area contributed by atoms with Gasteiger partial charge in [-0.05, 0) is 0 Å². The van der Waals surface area contributed by atoms with Crippen molar-refractivity contribution in [3.8, 4) is 0 Å². The highest BCUT2D eigenvalue weighted by Crippen LogP contribution is 2.33. The summed E-state index contributed by atoms with van der Waals surface area (Å²) in [6.07, 6.45) is 3.99. The molecule has 0 aliphatic carbocycles. The summed E-state index contributed by atoms with van der Waals surface area (Å²) in [4.78, 5) is 39.1. The molecule has 0 atom stereocenters. The first kappa shape index (κ1) is 13.5. The number of H-pyrrole nitrogens is 1. The molecule has 2 heterocycles. The second-order valence-corrected chi connectivity index (χ2v) is 5.53. The van der Waals surface area contributed by atoms with Crippen LogP contribution < -0.4 is 11.3 Å². The molecule has 5 N–H and O–H groups in total. The van der Waals surface area contributed by atoms with Crippen LogP contribution in [0.15, 0.2) is 23.3 Å². The van der Waals surface area contributed by atoms with Crippen molar-refractivity contribution in [1.29, 1.82) is 0 Å². The van der Waals surface area contributed by atoms with Crippen molar-refractivity contribution in [2.24, 2.45) is 0 Å². The lowest BCUT2D eigenvalue weighted by Crippen LogP contribution is -2.12. The number of aromatic nitrogens is 4. The van der Waals surface area contributed by atoms with Gasteiger partial charge in [-0.25, -0.2) is 4.98 Å². The molecule has 2 aromatic heterocycles. The average molecular weight is 285 g/mol. The van der Waals surface area contributed by atoms with Crippen LogP contribution in [0.1, 0.15) is 0 Å². The average Bonchev–Trinajstić information content (AvgIpc) is 2.66. The number of nitrogens with zero attached hydrogens (tertiary/aromatic N) is 3. The highest BCUT2D eigenvalue weighted by molar-refractivity contribution is 7.51. The van der Waals surface area contributed by atoms with Gasteiger partial charge < -0.3 is 20.1 Å². The van der Waals surface area contributed by atoms with E-state index in [9.17, 15) is 9.36 Å². The Labute approximate surface area is 107 Å². The van der Waals surface area contributed by atoms with Crippen molar-refractivity contribution in [3.05, 3.63) is 28.8 Å². The van der Waals surface area contributed by atoms with Gasteiger partial charge in [-0.15, -0.1) is 0 Å². The molecule has 0 fully saturated rings. The molecule has 2 rings (SSSR count). The first-order valence-electron chi connectivity index (χ1n) is 5.27. The lowest BCUT2D eigenvalue weighted by Gasteiger charge is -2.00. The number of aromatic amines is 1. The van der Waals surface area contributed by atoms with Crippen LogP contribution >= 0.6 is 7.60 Å². The minimum Gasteiger partial charge on any atom is -0.369 e. The van der Waals surface area contributed by atoms with Crippen molar-refractivity contribution in [1.82, 2.24) is 19.5 Å². The molecule has 0 saturated carbocycles. The molecule has 0 aliphatic heterocycles. The van der Waals surface area contributed by atoms with Gasteiger partial charge >= 0.3 is 7.60 Å². The quantitative estimate of drug-likeness (QED) is 0.434. The summed E-state index contributed by atoms with van der Waals surface area (Å²) in [6.45, 7) is 0.284. The molecule has 9 nitrogen and oxygen atoms in total. The number of nitrogens with two attached hydrogens (primary N) is 1. The molecule has 0 aliphatic rings. The Bertz CT molecular complexity index is 728. The molecule has 0 radical (unpaired) electrons. The third-order valence-corrected chi connectivity index (χ3v) is 2.99. The first-order chi connectivity index (χ1) is 8.87. The second kappa shape index (κ2) is 4.96. The predicted molar refractivity (Wildman–Crippen MR) is 68.6 cm³/mol. The van der Waals surface area contributed by atoms with Crippen LogP contribution in [-0.2, 0) is 11.1 Å². The molecule has 0 bridgehead atoms. The molecule has 0 aromatic carbocycles. The van der Waals surface area contributed by atoms with Crippen molar-refractivity contribution in [2.45, 2.75) is 6.54 Å². The number of anilines is 1. The fraction of sp³-hybridized carbons (Fsp3) is 0.222. The minimum atomic E-state index is -4.04. The van der Waals surface area contributed by atoms with Gasteiger partial charge in [0.2, 0.25) is 5.95 Å². The Morgan fingerprint density at radius 3 is 2.89 bits per heavy atom. The van der Waals surface area contributed by atoms with Crippen molar-refractivity contribution < 1.29 is 14.4 Å². The summed E-state index contributed by atoms with van der Waals surface area (Å²) < 4.78 is 12.2. The topological polar surface area (TPSA) is 147 Å². The second-order valence-electron chi connectivity index (χ2n) is 3.84. The molecular weight excluding hydrogens is 273 g/mol. The van der Waals surface area contributed by atoms with Gasteiger partial charge in [0.15, 0.2) is 11.2 Å². The van der Waals surface area contributed by atoms with Gasteiger partial charge in [-0.3, -0.25) is 14.3 Å². The van der Waals surface area contributed by atoms with Gasteiger partial charge in [-0.2, -0.15) is 4.98 Å². The summed E-state index contributed by atoms with van der Waals surface area (Å²) in [7, 11) is -4.04. The van der Waals surface area contributed by atoms with E-state index in [1.54, 1.807) is 10.6 Å². The molecule has 10 heteroatoms. The Morgan fingerprint density at radius 2 is 2.21 bits per heavy atom. The van der Waals surface area contributed by atoms with E-state index in [-0.39, 0.29) is 24.2 Å². The Balaban J connectivity index is 2.23. The number of hydrogen-bond donors (Lipinski definition) is 4. The molecule has 102 valence electrons. The Kier molecular flexibility index (Phi) is 3.52. The monoisotopic (exact) mass is 285 g/mol. The highest BCUT2D eigenvalue weighted by Gasteiger charge is 2.10. The van der Waals surface area contributed by atoms with E-state index < -0.39 is 13.2 Å². The Hall–Kier alpha value is -1.96. The number of allylic oxidation sites excluding steroid dienone is 2. The predicted octanol–water partition coefficient (Wildman–Crippen LogP) is -0.564. The molecular formula is C9H12N5O4P. The summed E-state index contributed by atoms with van der Waals surface area (Å²) in [5.41, 5.74) is 5.49. The molecule has 2 aromatic rings. The van der Waals surface area contributed by atoms with Crippen LogP contribution in [-0.4, -0.2) is 35.5 Å². The maximum Gasteiger partial charge on any atom is 0.329 e. The zero-order valence-corrected chi connectivity index (χ0v) is 10.6. The number of nitrogen functional groups attached to an aromatic ring is 1. The van der Waals surface area contributed by atoms with E-state index in [4.69, 9.17) is 15.5 Å². The summed E-state index contributed by atoms with van der Waals surface area (Å²) in [6, 6.07) is 0. The zero-order chi connectivity index (χ0) is 14.0. The third kappa shape index (κ3) is 3.28. The van der Waals surface area contributed by atoms with E-state index in [0.29, 0.717) is 5.65 Å². The summed E-state index contributed by atoms with van der Waals surface area (Å²) in [5, 5.41) is 0. The normalized spacial score (nSPS) is 12.5. The SMILES string of the molecule is Nc1nc2c(ncn2C/C=C\CP(=O)(O)O)c(=O)[nH]1. The maximum absolute atomic E-state index is 11.5. The number of rotatable bonds is 4. The number of nitrogens with one attached hydrogen (secondary N) is 1. The lowest BCUT2D eigenvalue weighted by atomic mass is 10.5. The van der Waals surface area contributed by atoms with Crippen LogP contribution in [0.5, 0.6) is 0 Å². The molecule has 0 amide bonds. The highest BCUT2D eigenvalue weighted by atomic mass is 31.2. The summed E-state index contributed by atoms with van der Waals surface area (Å²) >= 11 is 0. The lowest BCUT2D eigenvalue weighted by molar-refractivity contribution is 0.377. The van der Waals surface area contributed by atoms with Crippen molar-refractivity contribution in [3.63, 3.8) is 0 Å². The van der Waals surface area contributed by atoms with E-state index >= 15 is 0 Å². The van der Waals surface area contributed by atoms with E-state index in [2.05, 4.69) is 15.0 Å². The zero-order valence-electron chi connectivity index (χ0n) is 9.72. The summed E-state index contributed by atoms with van der Waals surface area (Å²) in [5.74, 6) is -0.0153. The van der Waals surface area contributed by atoms with Crippen LogP contribution in [0.3, 0.4) is 0 Å². The van der Waals surface area contributed by atoms with Gasteiger partial charge in [-0.1, -0.05) is 12.2 Å². The minimum absolute atomic E-state index is 0.0153. The van der Waals surface area contributed by atoms with Gasteiger partial charge in [0.25, 0.3) is 5.56 Å². The van der Waals surface area contributed by atoms with Gasteiger partial charge in [0, 0.05) is 6.54 Å². The van der Waals surface area contributed by atoms with Gasteiger partial charge in [0.1, 0.15) is 0 Å². The van der Waals surface area contributed by atoms with Crippen LogP contribution in [0.4, 0.5) is 5.95 Å². The fourth-order valence-corrected chi connectivity index (χ4v) is 1.93. The van der Waals surface area contributed by atoms with Crippen LogP contribution in [0.25, 0.3) is 11.2 Å². The molecule has 19 heavy (non-hydrogen) atoms. The molecule has 0 saturated heterocycles. The van der Waals surface area contributed by atoms with Crippen molar-refractivity contribution in [2.75, 3.05) is 11.9 Å². The molecule has 0 unspecified atom stereocenters.